The highest BCUT2D eigenvalue weighted by Gasteiger charge is 2.14. The van der Waals surface area contributed by atoms with Gasteiger partial charge in [-0.05, 0) is 60.0 Å². The minimum Gasteiger partial charge on any atom is -0.438 e. The molecule has 2 aromatic heterocycles. The summed E-state index contributed by atoms with van der Waals surface area (Å²) in [5.74, 6) is 2.03. The average molecular weight is 297 g/mol. The van der Waals surface area contributed by atoms with E-state index < -0.39 is 0 Å². The summed E-state index contributed by atoms with van der Waals surface area (Å²) in [4.78, 5) is 4.46. The first-order valence-electron chi connectivity index (χ1n) is 7.17. The Morgan fingerprint density at radius 3 is 2.48 bits per heavy atom. The van der Waals surface area contributed by atoms with Gasteiger partial charge < -0.3 is 4.74 Å². The predicted octanol–water partition coefficient (Wildman–Crippen LogP) is 5.83. The molecule has 0 fully saturated rings. The van der Waals surface area contributed by atoms with Crippen molar-refractivity contribution in [2.24, 2.45) is 0 Å². The molecule has 21 heavy (non-hydrogen) atoms. The van der Waals surface area contributed by atoms with E-state index in [0.717, 1.165) is 11.1 Å². The van der Waals surface area contributed by atoms with Crippen molar-refractivity contribution < 1.29 is 4.74 Å². The number of rotatable bonds is 3. The smallest absolute Gasteiger partial charge is 0.228 e. The fourth-order valence-corrected chi connectivity index (χ4v) is 3.69. The first-order valence-corrected chi connectivity index (χ1v) is 8.05. The molecule has 0 aliphatic heterocycles. The number of ether oxygens (including phenoxy) is 1. The van der Waals surface area contributed by atoms with Gasteiger partial charge in [-0.2, -0.15) is 0 Å². The van der Waals surface area contributed by atoms with Crippen LogP contribution in [0.5, 0.6) is 11.6 Å². The Bertz CT molecular complexity index is 769. The maximum absolute atomic E-state index is 6.10. The van der Waals surface area contributed by atoms with Gasteiger partial charge in [0.25, 0.3) is 0 Å². The van der Waals surface area contributed by atoms with Crippen LogP contribution in [0.2, 0.25) is 0 Å². The number of hydrogen-bond acceptors (Lipinski definition) is 3. The van der Waals surface area contributed by atoms with Gasteiger partial charge in [0.05, 0.1) is 5.39 Å². The van der Waals surface area contributed by atoms with Crippen molar-refractivity contribution in [1.82, 2.24) is 4.98 Å². The fourth-order valence-electron chi connectivity index (χ4n) is 2.58. The lowest BCUT2D eigenvalue weighted by molar-refractivity contribution is 0.468. The number of hydrogen-bond donors (Lipinski definition) is 0. The van der Waals surface area contributed by atoms with Crippen LogP contribution in [-0.2, 0) is 0 Å². The molecule has 0 saturated heterocycles. The quantitative estimate of drug-likeness (QED) is 0.607. The van der Waals surface area contributed by atoms with E-state index >= 15 is 0 Å². The maximum atomic E-state index is 6.10. The zero-order chi connectivity index (χ0) is 15.0. The average Bonchev–Trinajstić information content (AvgIpc) is 2.82. The van der Waals surface area contributed by atoms with Gasteiger partial charge in [0.1, 0.15) is 5.75 Å². The van der Waals surface area contributed by atoms with Crippen LogP contribution < -0.4 is 4.74 Å². The molecule has 0 amide bonds. The van der Waals surface area contributed by atoms with E-state index in [0.29, 0.717) is 11.8 Å². The Balaban J connectivity index is 2.09. The number of pyridine rings is 1. The zero-order valence-corrected chi connectivity index (χ0v) is 13.6. The van der Waals surface area contributed by atoms with E-state index in [1.165, 1.54) is 21.4 Å². The standard InChI is InChI=1S/C18H19NOS/c1-11(2)15-10-21-16-5-6-19-18(17(15)16)20-14-8-12(3)7-13(4)9-14/h5-11H,1-4H3. The Hall–Kier alpha value is -1.87. The van der Waals surface area contributed by atoms with Crippen LogP contribution in [0.25, 0.3) is 10.1 Å². The fraction of sp³-hybridized carbons (Fsp3) is 0.278. The van der Waals surface area contributed by atoms with Gasteiger partial charge in [-0.15, -0.1) is 11.3 Å². The first-order chi connectivity index (χ1) is 10.0. The molecule has 3 rings (SSSR count). The summed E-state index contributed by atoms with van der Waals surface area (Å²) in [6, 6.07) is 8.30. The van der Waals surface area contributed by atoms with Gasteiger partial charge in [0, 0.05) is 10.9 Å². The van der Waals surface area contributed by atoms with Gasteiger partial charge in [-0.1, -0.05) is 19.9 Å². The van der Waals surface area contributed by atoms with Crippen molar-refractivity contribution in [3.05, 3.63) is 52.5 Å². The molecular formula is C18H19NOS. The molecule has 0 aliphatic carbocycles. The van der Waals surface area contributed by atoms with Crippen LogP contribution in [0, 0.1) is 13.8 Å². The molecule has 0 spiro atoms. The van der Waals surface area contributed by atoms with E-state index in [2.05, 4.69) is 62.3 Å². The summed E-state index contributed by atoms with van der Waals surface area (Å²) in [6.45, 7) is 8.57. The van der Waals surface area contributed by atoms with E-state index in [1.807, 2.05) is 6.20 Å². The van der Waals surface area contributed by atoms with Crippen LogP contribution in [0.3, 0.4) is 0 Å². The van der Waals surface area contributed by atoms with Gasteiger partial charge in [0.15, 0.2) is 0 Å². The largest absolute Gasteiger partial charge is 0.438 e. The van der Waals surface area contributed by atoms with Crippen LogP contribution in [-0.4, -0.2) is 4.98 Å². The van der Waals surface area contributed by atoms with E-state index in [4.69, 9.17) is 4.74 Å². The molecule has 0 atom stereocenters. The lowest BCUT2D eigenvalue weighted by Gasteiger charge is -2.10. The van der Waals surface area contributed by atoms with E-state index in [1.54, 1.807) is 11.3 Å². The minimum atomic E-state index is 0.463. The summed E-state index contributed by atoms with van der Waals surface area (Å²) < 4.78 is 7.33. The number of aryl methyl sites for hydroxylation is 2. The zero-order valence-electron chi connectivity index (χ0n) is 12.8. The van der Waals surface area contributed by atoms with Gasteiger partial charge in [-0.25, -0.2) is 4.98 Å². The van der Waals surface area contributed by atoms with Crippen molar-refractivity contribution >= 4 is 21.4 Å². The number of benzene rings is 1. The Morgan fingerprint density at radius 2 is 1.81 bits per heavy atom. The van der Waals surface area contributed by atoms with Crippen LogP contribution in [0.15, 0.2) is 35.8 Å². The number of aromatic nitrogens is 1. The second-order valence-electron chi connectivity index (χ2n) is 5.76. The monoisotopic (exact) mass is 297 g/mol. The second-order valence-corrected chi connectivity index (χ2v) is 6.67. The van der Waals surface area contributed by atoms with Crippen molar-refractivity contribution in [2.45, 2.75) is 33.6 Å². The van der Waals surface area contributed by atoms with Crippen molar-refractivity contribution in [1.29, 1.82) is 0 Å². The number of fused-ring (bicyclic) bond motifs is 1. The van der Waals surface area contributed by atoms with Crippen LogP contribution in [0.1, 0.15) is 36.5 Å². The highest BCUT2D eigenvalue weighted by Crippen LogP contribution is 2.38. The topological polar surface area (TPSA) is 22.1 Å². The molecule has 0 aliphatic rings. The highest BCUT2D eigenvalue weighted by molar-refractivity contribution is 7.17. The number of nitrogens with zero attached hydrogens (tertiary/aromatic N) is 1. The molecule has 2 heterocycles. The molecular weight excluding hydrogens is 278 g/mol. The molecule has 3 aromatic rings. The lowest BCUT2D eigenvalue weighted by Crippen LogP contribution is -1.92. The third-order valence-corrected chi connectivity index (χ3v) is 4.48. The molecule has 0 unspecified atom stereocenters. The Morgan fingerprint density at radius 1 is 1.10 bits per heavy atom. The molecule has 0 N–H and O–H groups in total. The highest BCUT2D eigenvalue weighted by atomic mass is 32.1. The summed E-state index contributed by atoms with van der Waals surface area (Å²) in [5.41, 5.74) is 3.71. The SMILES string of the molecule is Cc1cc(C)cc(Oc2nccc3scc(C(C)C)c23)c1. The van der Waals surface area contributed by atoms with E-state index in [-0.39, 0.29) is 0 Å². The summed E-state index contributed by atoms with van der Waals surface area (Å²) >= 11 is 1.75. The summed E-state index contributed by atoms with van der Waals surface area (Å²) in [7, 11) is 0. The normalized spacial score (nSPS) is 11.3. The summed E-state index contributed by atoms with van der Waals surface area (Å²) in [6.07, 6.45) is 1.82. The van der Waals surface area contributed by atoms with E-state index in [9.17, 15) is 0 Å². The molecule has 0 bridgehead atoms. The molecule has 0 radical (unpaired) electrons. The van der Waals surface area contributed by atoms with Crippen molar-refractivity contribution in [3.63, 3.8) is 0 Å². The Kier molecular flexibility index (Phi) is 3.68. The first kappa shape index (κ1) is 14.1. The molecule has 0 saturated carbocycles. The summed E-state index contributed by atoms with van der Waals surface area (Å²) in [5, 5.41) is 3.36. The number of thiophene rings is 1. The molecule has 3 heteroatoms. The third-order valence-electron chi connectivity index (χ3n) is 3.51. The van der Waals surface area contributed by atoms with Gasteiger partial charge in [0.2, 0.25) is 5.88 Å². The minimum absolute atomic E-state index is 0.463. The lowest BCUT2D eigenvalue weighted by atomic mass is 10.0. The van der Waals surface area contributed by atoms with Crippen molar-refractivity contribution in [2.75, 3.05) is 0 Å². The van der Waals surface area contributed by atoms with Crippen LogP contribution in [0.4, 0.5) is 0 Å². The van der Waals surface area contributed by atoms with Crippen molar-refractivity contribution in [3.8, 4) is 11.6 Å². The van der Waals surface area contributed by atoms with Gasteiger partial charge in [-0.3, -0.25) is 0 Å². The second kappa shape index (κ2) is 5.49. The van der Waals surface area contributed by atoms with Gasteiger partial charge >= 0.3 is 0 Å². The Labute approximate surface area is 129 Å². The predicted molar refractivity (Wildman–Crippen MR) is 89.7 cm³/mol. The molecule has 108 valence electrons. The molecule has 2 nitrogen and oxygen atoms in total. The maximum Gasteiger partial charge on any atom is 0.228 e. The molecule has 1 aromatic carbocycles. The third kappa shape index (κ3) is 2.79. The van der Waals surface area contributed by atoms with Crippen LogP contribution >= 0.6 is 11.3 Å².